The predicted octanol–water partition coefficient (Wildman–Crippen LogP) is -2.24. The van der Waals surface area contributed by atoms with Crippen LogP contribution in [-0.2, 0) is 19.2 Å². The highest BCUT2D eigenvalue weighted by molar-refractivity contribution is 5.94. The van der Waals surface area contributed by atoms with Crippen molar-refractivity contribution in [3.05, 3.63) is 0 Å². The van der Waals surface area contributed by atoms with Gasteiger partial charge in [-0.2, -0.15) is 0 Å². The molecule has 0 saturated carbocycles. The zero-order chi connectivity index (χ0) is 24.7. The number of unbranched alkanes of at least 4 members (excludes halogenated alkanes) is 2. The molecule has 0 aromatic carbocycles. The van der Waals surface area contributed by atoms with Crippen LogP contribution < -0.4 is 33.2 Å². The Balaban J connectivity index is 5.16. The van der Waals surface area contributed by atoms with Gasteiger partial charge in [-0.05, 0) is 51.1 Å². The van der Waals surface area contributed by atoms with Crippen LogP contribution in [0.5, 0.6) is 0 Å². The van der Waals surface area contributed by atoms with Crippen LogP contribution >= 0.6 is 0 Å². The molecule has 0 radical (unpaired) electrons. The van der Waals surface area contributed by atoms with E-state index < -0.39 is 60.4 Å². The summed E-state index contributed by atoms with van der Waals surface area (Å²) in [5.41, 5.74) is 16.8. The van der Waals surface area contributed by atoms with Crippen LogP contribution in [0.3, 0.4) is 0 Å². The molecule has 0 bridgehead atoms. The van der Waals surface area contributed by atoms with Crippen LogP contribution in [0.1, 0.15) is 52.4 Å². The van der Waals surface area contributed by atoms with Crippen molar-refractivity contribution in [3.8, 4) is 0 Å². The second kappa shape index (κ2) is 16.4. The van der Waals surface area contributed by atoms with Crippen LogP contribution in [0.15, 0.2) is 0 Å². The molecule has 0 aliphatic carbocycles. The van der Waals surface area contributed by atoms with E-state index in [0.29, 0.717) is 38.8 Å². The summed E-state index contributed by atoms with van der Waals surface area (Å²) in [4.78, 5) is 48.9. The first-order chi connectivity index (χ1) is 15.1. The van der Waals surface area contributed by atoms with Gasteiger partial charge in [0.25, 0.3) is 0 Å². The second-order valence-electron chi connectivity index (χ2n) is 8.05. The molecule has 32 heavy (non-hydrogen) atoms. The number of nitrogens with two attached hydrogens (primary N) is 3. The molecule has 0 rings (SSSR count). The lowest BCUT2D eigenvalue weighted by atomic mass is 10.0. The molecule has 0 aliphatic heterocycles. The lowest BCUT2D eigenvalue weighted by molar-refractivity contribution is -0.143. The Bertz CT molecular complexity index is 603. The van der Waals surface area contributed by atoms with Crippen molar-refractivity contribution in [2.75, 3.05) is 19.7 Å². The fourth-order valence-electron chi connectivity index (χ4n) is 2.91. The molecule has 0 spiro atoms. The lowest BCUT2D eigenvalue weighted by Crippen LogP contribution is -2.58. The van der Waals surface area contributed by atoms with E-state index in [2.05, 4.69) is 16.0 Å². The summed E-state index contributed by atoms with van der Waals surface area (Å²) in [6.45, 7) is 3.39. The first kappa shape index (κ1) is 29.7. The largest absolute Gasteiger partial charge is 0.480 e. The topological polar surface area (TPSA) is 223 Å². The summed E-state index contributed by atoms with van der Waals surface area (Å²) >= 11 is 0. The summed E-state index contributed by atoms with van der Waals surface area (Å²) in [6.07, 6.45) is 3.23. The van der Waals surface area contributed by atoms with Gasteiger partial charge in [-0.15, -0.1) is 0 Å². The van der Waals surface area contributed by atoms with Crippen molar-refractivity contribution in [1.29, 1.82) is 0 Å². The highest BCUT2D eigenvalue weighted by Gasteiger charge is 2.30. The van der Waals surface area contributed by atoms with Crippen molar-refractivity contribution in [3.63, 3.8) is 0 Å². The van der Waals surface area contributed by atoms with E-state index in [0.717, 1.165) is 6.42 Å². The van der Waals surface area contributed by atoms with E-state index in [4.69, 9.17) is 17.2 Å². The quantitative estimate of drug-likeness (QED) is 0.110. The molecule has 0 aromatic heterocycles. The zero-order valence-electron chi connectivity index (χ0n) is 19.0. The van der Waals surface area contributed by atoms with Gasteiger partial charge in [0, 0.05) is 0 Å². The standard InChI is InChI=1S/C20H40N6O6/c1-12(2)16(20(31)32)26-19(30)15(11-27)25-18(29)14(8-4-6-10-22)24-17(28)13(23)7-3-5-9-21/h12-16,27H,3-11,21-23H2,1-2H3,(H,24,28)(H,25,29)(H,26,30)(H,31,32). The Kier molecular flexibility index (Phi) is 15.2. The maximum Gasteiger partial charge on any atom is 0.326 e. The zero-order valence-corrected chi connectivity index (χ0v) is 19.0. The van der Waals surface area contributed by atoms with Crippen LogP contribution in [-0.4, -0.2) is 77.8 Å². The fraction of sp³-hybridized carbons (Fsp3) is 0.800. The number of aliphatic hydroxyl groups is 1. The SMILES string of the molecule is CC(C)C(NC(=O)C(CO)NC(=O)C(CCCCN)NC(=O)C(N)CCCCN)C(=O)O. The minimum absolute atomic E-state index is 0.258. The van der Waals surface area contributed by atoms with Gasteiger partial charge in [-0.1, -0.05) is 20.3 Å². The molecule has 12 heteroatoms. The number of carbonyl (C=O) groups is 4. The van der Waals surface area contributed by atoms with E-state index in [1.807, 2.05) is 0 Å². The summed E-state index contributed by atoms with van der Waals surface area (Å²) in [5.74, 6) is -3.67. The summed E-state index contributed by atoms with van der Waals surface area (Å²) < 4.78 is 0. The number of hydrogen-bond acceptors (Lipinski definition) is 8. The molecule has 0 aromatic rings. The molecule has 0 heterocycles. The van der Waals surface area contributed by atoms with Gasteiger partial charge in [-0.3, -0.25) is 14.4 Å². The molecule has 186 valence electrons. The van der Waals surface area contributed by atoms with Crippen molar-refractivity contribution in [1.82, 2.24) is 16.0 Å². The Morgan fingerprint density at radius 2 is 1.28 bits per heavy atom. The number of amides is 3. The molecule has 4 unspecified atom stereocenters. The number of aliphatic carboxylic acids is 1. The average Bonchev–Trinajstić information content (AvgIpc) is 2.74. The molecule has 11 N–H and O–H groups in total. The summed E-state index contributed by atoms with van der Waals surface area (Å²) in [6, 6.07) is -4.36. The third-order valence-corrected chi connectivity index (χ3v) is 4.93. The van der Waals surface area contributed by atoms with Crippen LogP contribution in [0, 0.1) is 5.92 Å². The number of nitrogens with one attached hydrogen (secondary N) is 3. The van der Waals surface area contributed by atoms with E-state index in [1.54, 1.807) is 13.8 Å². The Labute approximate surface area is 189 Å². The van der Waals surface area contributed by atoms with Gasteiger partial charge in [-0.25, -0.2) is 4.79 Å². The molecule has 3 amide bonds. The summed E-state index contributed by atoms with van der Waals surface area (Å²) in [5, 5.41) is 26.1. The molecular weight excluding hydrogens is 420 g/mol. The average molecular weight is 461 g/mol. The maximum atomic E-state index is 12.8. The third kappa shape index (κ3) is 11.4. The molecule has 0 saturated heterocycles. The number of carboxylic acid groups (broad SMARTS) is 1. The predicted molar refractivity (Wildman–Crippen MR) is 119 cm³/mol. The van der Waals surface area contributed by atoms with E-state index in [9.17, 15) is 29.4 Å². The molecular formula is C20H40N6O6. The van der Waals surface area contributed by atoms with Crippen molar-refractivity contribution in [2.24, 2.45) is 23.1 Å². The van der Waals surface area contributed by atoms with Crippen molar-refractivity contribution < 1.29 is 29.4 Å². The van der Waals surface area contributed by atoms with Gasteiger partial charge in [0.1, 0.15) is 18.1 Å². The minimum Gasteiger partial charge on any atom is -0.480 e. The molecule has 4 atom stereocenters. The number of carbonyl (C=O) groups excluding carboxylic acids is 3. The van der Waals surface area contributed by atoms with Crippen LogP contribution in [0.25, 0.3) is 0 Å². The Morgan fingerprint density at radius 3 is 1.75 bits per heavy atom. The first-order valence-electron chi connectivity index (χ1n) is 11.0. The number of aliphatic hydroxyl groups excluding tert-OH is 1. The van der Waals surface area contributed by atoms with E-state index >= 15 is 0 Å². The fourth-order valence-corrected chi connectivity index (χ4v) is 2.91. The normalized spacial score (nSPS) is 14.8. The number of hydrogen-bond donors (Lipinski definition) is 8. The maximum absolute atomic E-state index is 12.8. The molecule has 0 fully saturated rings. The number of carboxylic acids is 1. The van der Waals surface area contributed by atoms with Crippen LogP contribution in [0.4, 0.5) is 0 Å². The van der Waals surface area contributed by atoms with E-state index in [-0.39, 0.29) is 6.42 Å². The van der Waals surface area contributed by atoms with Crippen molar-refractivity contribution >= 4 is 23.7 Å². The molecule has 12 nitrogen and oxygen atoms in total. The third-order valence-electron chi connectivity index (χ3n) is 4.93. The first-order valence-corrected chi connectivity index (χ1v) is 11.0. The van der Waals surface area contributed by atoms with Gasteiger partial charge in [0.15, 0.2) is 0 Å². The Hall–Kier alpha value is -2.28. The monoisotopic (exact) mass is 460 g/mol. The highest BCUT2D eigenvalue weighted by atomic mass is 16.4. The lowest BCUT2D eigenvalue weighted by Gasteiger charge is -2.25. The van der Waals surface area contributed by atoms with Gasteiger partial charge in [0.05, 0.1) is 12.6 Å². The van der Waals surface area contributed by atoms with Gasteiger partial charge < -0.3 is 43.4 Å². The van der Waals surface area contributed by atoms with E-state index in [1.165, 1.54) is 0 Å². The van der Waals surface area contributed by atoms with Crippen molar-refractivity contribution in [2.45, 2.75) is 76.5 Å². The van der Waals surface area contributed by atoms with Gasteiger partial charge in [0.2, 0.25) is 17.7 Å². The van der Waals surface area contributed by atoms with Gasteiger partial charge >= 0.3 is 5.97 Å². The smallest absolute Gasteiger partial charge is 0.326 e. The number of rotatable bonds is 17. The summed E-state index contributed by atoms with van der Waals surface area (Å²) in [7, 11) is 0. The Morgan fingerprint density at radius 1 is 0.781 bits per heavy atom. The van der Waals surface area contributed by atoms with Crippen LogP contribution in [0.2, 0.25) is 0 Å². The highest BCUT2D eigenvalue weighted by Crippen LogP contribution is 2.06. The second-order valence-corrected chi connectivity index (χ2v) is 8.05. The minimum atomic E-state index is -1.38. The molecule has 0 aliphatic rings.